The van der Waals surface area contributed by atoms with Crippen molar-refractivity contribution < 1.29 is 14.5 Å². The Balaban J connectivity index is 1.24. The number of carbonyl (C=O) groups excluding carboxylic acids is 2. The van der Waals surface area contributed by atoms with Gasteiger partial charge in [-0.3, -0.25) is 19.7 Å². The highest BCUT2D eigenvalue weighted by atomic mass is 16.6. The molecule has 1 saturated heterocycles. The second-order valence-corrected chi connectivity index (χ2v) is 13.9. The van der Waals surface area contributed by atoms with Gasteiger partial charge in [-0.15, -0.1) is 0 Å². The molecule has 0 spiro atoms. The lowest BCUT2D eigenvalue weighted by Crippen LogP contribution is -2.51. The van der Waals surface area contributed by atoms with Gasteiger partial charge >= 0.3 is 0 Å². The summed E-state index contributed by atoms with van der Waals surface area (Å²) in [6.45, 7) is 9.91. The predicted molar refractivity (Wildman–Crippen MR) is 161 cm³/mol. The summed E-state index contributed by atoms with van der Waals surface area (Å²) in [6.07, 6.45) is 8.87. The number of carbonyl (C=O) groups is 2. The minimum Gasteiger partial charge on any atom is -0.379 e. The molecule has 0 aromatic heterocycles. The SMILES string of the molecule is CC(C)c1ccc2c(c1)CC[C@@H]1[C@](C)(CNc3ccc(N4C(=O)[C@@H]5CCCC[C@H]5C4=O)cc3[N+](=O)[O-])CCC[C@]21C. The van der Waals surface area contributed by atoms with Crippen molar-refractivity contribution in [2.24, 2.45) is 23.2 Å². The highest BCUT2D eigenvalue weighted by Crippen LogP contribution is 2.57. The van der Waals surface area contributed by atoms with Crippen LogP contribution in [0.3, 0.4) is 0 Å². The number of amides is 2. The lowest BCUT2D eigenvalue weighted by atomic mass is 9.49. The third kappa shape index (κ3) is 4.56. The molecule has 0 unspecified atom stereocenters. The van der Waals surface area contributed by atoms with Gasteiger partial charge in [0, 0.05) is 12.6 Å². The number of nitrogens with one attached hydrogen (secondary N) is 1. The van der Waals surface area contributed by atoms with Gasteiger partial charge in [-0.2, -0.15) is 0 Å². The maximum atomic E-state index is 13.1. The van der Waals surface area contributed by atoms with Crippen molar-refractivity contribution in [3.05, 3.63) is 63.2 Å². The molecule has 4 aliphatic rings. The lowest BCUT2D eigenvalue weighted by Gasteiger charge is -2.55. The average molecular weight is 558 g/mol. The number of nitro groups is 1. The quantitative estimate of drug-likeness (QED) is 0.225. The standard InChI is InChI=1S/C34H43N3O4/c1-21(2)22-10-13-27-23(18-22)11-15-30-33(3,16-7-17-34(27,30)4)20-35-28-14-12-24(19-29(28)37(40)41)36-31(38)25-8-5-6-9-26(25)32(36)39/h10,12-14,18-19,21,25-26,30,35H,5-9,11,15-17,20H2,1-4H3/t25-,26-,30-,33+,34-/m1/s1. The number of aryl methyl sites for hydroxylation is 1. The van der Waals surface area contributed by atoms with Crippen molar-refractivity contribution in [1.29, 1.82) is 0 Å². The number of hydrogen-bond acceptors (Lipinski definition) is 5. The van der Waals surface area contributed by atoms with E-state index < -0.39 is 4.92 Å². The van der Waals surface area contributed by atoms with E-state index in [1.165, 1.54) is 27.7 Å². The minimum atomic E-state index is -0.402. The normalized spacial score (nSPS) is 31.0. The van der Waals surface area contributed by atoms with E-state index in [0.29, 0.717) is 29.8 Å². The molecule has 2 amide bonds. The van der Waals surface area contributed by atoms with Crippen LogP contribution in [0.25, 0.3) is 0 Å². The lowest BCUT2D eigenvalue weighted by molar-refractivity contribution is -0.383. The number of anilines is 2. The Kier molecular flexibility index (Phi) is 6.98. The molecule has 5 atom stereocenters. The number of hydrogen-bond donors (Lipinski definition) is 1. The molecule has 2 saturated carbocycles. The van der Waals surface area contributed by atoms with Gasteiger partial charge in [-0.1, -0.05) is 65.2 Å². The summed E-state index contributed by atoms with van der Waals surface area (Å²) in [4.78, 5) is 39.2. The second-order valence-electron chi connectivity index (χ2n) is 13.9. The van der Waals surface area contributed by atoms with Gasteiger partial charge < -0.3 is 5.32 Å². The van der Waals surface area contributed by atoms with Crippen LogP contribution in [0.15, 0.2) is 36.4 Å². The molecule has 3 fully saturated rings. The fourth-order valence-electron chi connectivity index (χ4n) is 8.89. The first-order chi connectivity index (χ1) is 19.5. The molecule has 1 N–H and O–H groups in total. The van der Waals surface area contributed by atoms with Crippen molar-refractivity contribution in [3.63, 3.8) is 0 Å². The van der Waals surface area contributed by atoms with Crippen LogP contribution in [0, 0.1) is 33.3 Å². The van der Waals surface area contributed by atoms with Gasteiger partial charge in [0.25, 0.3) is 5.69 Å². The smallest absolute Gasteiger partial charge is 0.294 e. The molecule has 6 rings (SSSR count). The van der Waals surface area contributed by atoms with Crippen LogP contribution in [-0.4, -0.2) is 23.3 Å². The third-order valence-corrected chi connectivity index (χ3v) is 11.1. The highest BCUT2D eigenvalue weighted by molar-refractivity contribution is 6.22. The molecule has 2 aromatic carbocycles. The van der Waals surface area contributed by atoms with Crippen LogP contribution in [0.1, 0.15) is 102 Å². The largest absolute Gasteiger partial charge is 0.379 e. The molecule has 3 aliphatic carbocycles. The Morgan fingerprint density at radius 3 is 2.34 bits per heavy atom. The first kappa shape index (κ1) is 27.9. The van der Waals surface area contributed by atoms with Gasteiger partial charge in [0.05, 0.1) is 22.4 Å². The van der Waals surface area contributed by atoms with E-state index in [9.17, 15) is 19.7 Å². The van der Waals surface area contributed by atoms with Gasteiger partial charge in [0.15, 0.2) is 0 Å². The topological polar surface area (TPSA) is 92.6 Å². The molecule has 0 bridgehead atoms. The van der Waals surface area contributed by atoms with Crippen LogP contribution in [0.5, 0.6) is 0 Å². The molecule has 7 heteroatoms. The zero-order valence-electron chi connectivity index (χ0n) is 24.9. The molecule has 0 radical (unpaired) electrons. The predicted octanol–water partition coefficient (Wildman–Crippen LogP) is 7.52. The number of benzene rings is 2. The van der Waals surface area contributed by atoms with Crippen molar-refractivity contribution in [2.75, 3.05) is 16.8 Å². The number of nitro benzene ring substituents is 1. The molecule has 7 nitrogen and oxygen atoms in total. The van der Waals surface area contributed by atoms with Gasteiger partial charge in [0.1, 0.15) is 5.69 Å². The molecular formula is C34H43N3O4. The Morgan fingerprint density at radius 2 is 1.68 bits per heavy atom. The van der Waals surface area contributed by atoms with E-state index >= 15 is 0 Å². The first-order valence-electron chi connectivity index (χ1n) is 15.6. The molecule has 1 heterocycles. The Bertz CT molecular complexity index is 1380. The summed E-state index contributed by atoms with van der Waals surface area (Å²) in [7, 11) is 0. The molecule has 218 valence electrons. The maximum absolute atomic E-state index is 13.1. The minimum absolute atomic E-state index is 0.0233. The average Bonchev–Trinajstić information content (AvgIpc) is 3.21. The third-order valence-electron chi connectivity index (χ3n) is 11.1. The molecular weight excluding hydrogens is 514 g/mol. The van der Waals surface area contributed by atoms with Gasteiger partial charge in [-0.05, 0) is 90.0 Å². The van der Waals surface area contributed by atoms with Gasteiger partial charge in [0.2, 0.25) is 11.8 Å². The van der Waals surface area contributed by atoms with Crippen LogP contribution >= 0.6 is 0 Å². The Morgan fingerprint density at radius 1 is 0.976 bits per heavy atom. The van der Waals surface area contributed by atoms with Crippen LogP contribution in [0.4, 0.5) is 17.1 Å². The number of fused-ring (bicyclic) bond motifs is 4. The Labute approximate surface area is 243 Å². The number of rotatable bonds is 6. The number of nitrogens with zero attached hydrogens (tertiary/aromatic N) is 2. The summed E-state index contributed by atoms with van der Waals surface area (Å²) >= 11 is 0. The molecule has 2 aromatic rings. The highest BCUT2D eigenvalue weighted by Gasteiger charge is 2.52. The molecule has 1 aliphatic heterocycles. The van der Waals surface area contributed by atoms with Crippen molar-refractivity contribution in [2.45, 2.75) is 96.8 Å². The summed E-state index contributed by atoms with van der Waals surface area (Å²) < 4.78 is 0. The zero-order chi connectivity index (χ0) is 29.1. The second kappa shape index (κ2) is 10.2. The first-order valence-corrected chi connectivity index (χ1v) is 15.6. The van der Waals surface area contributed by atoms with E-state index in [-0.39, 0.29) is 40.2 Å². The van der Waals surface area contributed by atoms with E-state index in [2.05, 4.69) is 51.2 Å². The fraction of sp³-hybridized carbons (Fsp3) is 0.588. The Hall–Kier alpha value is -3.22. The fourth-order valence-corrected chi connectivity index (χ4v) is 8.89. The van der Waals surface area contributed by atoms with Crippen LogP contribution < -0.4 is 10.2 Å². The van der Waals surface area contributed by atoms with Crippen LogP contribution in [-0.2, 0) is 21.4 Å². The maximum Gasteiger partial charge on any atom is 0.294 e. The van der Waals surface area contributed by atoms with Crippen molar-refractivity contribution in [1.82, 2.24) is 0 Å². The summed E-state index contributed by atoms with van der Waals surface area (Å²) in [5.41, 5.74) is 5.11. The van der Waals surface area contributed by atoms with Crippen molar-refractivity contribution >= 4 is 28.9 Å². The number of imide groups is 1. The zero-order valence-corrected chi connectivity index (χ0v) is 24.9. The molecule has 41 heavy (non-hydrogen) atoms. The summed E-state index contributed by atoms with van der Waals surface area (Å²) in [5.74, 6) is -0.00374. The van der Waals surface area contributed by atoms with E-state index in [1.54, 1.807) is 12.1 Å². The van der Waals surface area contributed by atoms with E-state index in [1.807, 2.05) is 0 Å². The van der Waals surface area contributed by atoms with Crippen LogP contribution in [0.2, 0.25) is 0 Å². The van der Waals surface area contributed by atoms with Gasteiger partial charge in [-0.25, -0.2) is 4.90 Å². The van der Waals surface area contributed by atoms with Crippen molar-refractivity contribution in [3.8, 4) is 0 Å². The van der Waals surface area contributed by atoms with E-state index in [4.69, 9.17) is 0 Å². The van der Waals surface area contributed by atoms with E-state index in [0.717, 1.165) is 57.8 Å². The summed E-state index contributed by atoms with van der Waals surface area (Å²) in [6, 6.07) is 11.9. The monoisotopic (exact) mass is 557 g/mol. The summed E-state index contributed by atoms with van der Waals surface area (Å²) in [5, 5.41) is 15.7.